The van der Waals surface area contributed by atoms with Crippen LogP contribution in [-0.4, -0.2) is 21.0 Å². The maximum atomic E-state index is 12.1. The molecule has 1 amide bonds. The van der Waals surface area contributed by atoms with Crippen LogP contribution >= 0.6 is 0 Å². The molecule has 2 radical (unpaired) electrons. The number of nitrogens with zero attached hydrogens (tertiary/aromatic N) is 1. The Morgan fingerprint density at radius 3 is 2.09 bits per heavy atom. The molecule has 33 heavy (non-hydrogen) atoms. The van der Waals surface area contributed by atoms with Crippen molar-refractivity contribution in [2.24, 2.45) is 11.3 Å². The Balaban J connectivity index is 0.000000789. The molecule has 0 aromatic heterocycles. The van der Waals surface area contributed by atoms with Gasteiger partial charge in [-0.15, -0.1) is 5.69 Å². The second kappa shape index (κ2) is 15.6. The first-order chi connectivity index (χ1) is 14.7. The fourth-order valence-corrected chi connectivity index (χ4v) is 4.58. The third-order valence-electron chi connectivity index (χ3n) is 5.30. The first kappa shape index (κ1) is 31.8. The topological polar surface area (TPSA) is 40.4 Å². The molecule has 178 valence electrons. The molecule has 2 aromatic carbocycles. The van der Waals surface area contributed by atoms with Crippen molar-refractivity contribution >= 4 is 25.8 Å². The summed E-state index contributed by atoms with van der Waals surface area (Å²) in [6, 6.07) is 19.9. The smallest absolute Gasteiger partial charge is 0.591 e. The largest absolute Gasteiger partial charge is 1.00 e. The quantitative estimate of drug-likeness (QED) is 0.448. The Morgan fingerprint density at radius 2 is 1.61 bits per heavy atom. The van der Waals surface area contributed by atoms with Gasteiger partial charge in [0.2, 0.25) is 6.09 Å². The number of ether oxygens (including phenoxy) is 1. The number of para-hydroxylation sites is 1. The first-order valence-corrected chi connectivity index (χ1v) is 13.7. The van der Waals surface area contributed by atoms with Gasteiger partial charge in [-0.3, -0.25) is 4.79 Å². The predicted molar refractivity (Wildman–Crippen MR) is 134 cm³/mol. The van der Waals surface area contributed by atoms with Crippen molar-refractivity contribution in [2.75, 3.05) is 0 Å². The number of benzene rings is 2. The van der Waals surface area contributed by atoms with Gasteiger partial charge in [0.05, 0.1) is 8.80 Å². The van der Waals surface area contributed by atoms with E-state index in [1.807, 2.05) is 18.2 Å². The number of hydrogen-bond donors (Lipinski definition) is 0. The zero-order chi connectivity index (χ0) is 22.9. The van der Waals surface area contributed by atoms with Gasteiger partial charge in [0.15, 0.2) is 0 Å². The van der Waals surface area contributed by atoms with Gasteiger partial charge in [0, 0.05) is 17.1 Å². The molecule has 0 heterocycles. The monoisotopic (exact) mass is 505 g/mol. The maximum absolute atomic E-state index is 12.1. The van der Waals surface area contributed by atoms with Crippen LogP contribution < -0.4 is 24.0 Å². The zero-order valence-corrected chi connectivity index (χ0v) is 23.1. The molecule has 0 saturated heterocycles. The summed E-state index contributed by atoms with van der Waals surface area (Å²) in [5.41, 5.74) is 2.15. The third-order valence-corrected chi connectivity index (χ3v) is 6.79. The minimum atomic E-state index is -0.495. The Bertz CT molecular complexity index is 842. The number of allylic oxidation sites excluding steroid dienone is 1. The fourth-order valence-electron chi connectivity index (χ4n) is 3.72. The van der Waals surface area contributed by atoms with Gasteiger partial charge < -0.3 is 10.1 Å². The van der Waals surface area contributed by atoms with Gasteiger partial charge in [-0.2, -0.15) is 0 Å². The number of amides is 1. The van der Waals surface area contributed by atoms with E-state index in [1.54, 1.807) is 12.1 Å². The molecule has 0 spiro atoms. The zero-order valence-electron chi connectivity index (χ0n) is 21.2. The molecule has 6 heteroatoms. The normalized spacial score (nSPS) is 17.8. The van der Waals surface area contributed by atoms with Gasteiger partial charge in [0.1, 0.15) is 6.10 Å². The Morgan fingerprint density at radius 1 is 1.06 bits per heavy atom. The van der Waals surface area contributed by atoms with E-state index in [2.05, 4.69) is 82.5 Å². The van der Waals surface area contributed by atoms with Crippen LogP contribution in [0.1, 0.15) is 47.0 Å². The molecule has 1 fully saturated rings. The van der Waals surface area contributed by atoms with Crippen LogP contribution in [0.2, 0.25) is 13.1 Å². The van der Waals surface area contributed by atoms with Crippen LogP contribution in [0.5, 0.6) is 0 Å². The Labute approximate surface area is 225 Å². The van der Waals surface area contributed by atoms with Crippen molar-refractivity contribution in [3.63, 3.8) is 0 Å². The molecule has 1 aliphatic carbocycles. The van der Waals surface area contributed by atoms with E-state index in [4.69, 9.17) is 4.74 Å². The molecular formula is C27H37CuLiNO2Si. The Hall–Kier alpha value is -1.22. The second-order valence-electron chi connectivity index (χ2n) is 9.55. The maximum Gasteiger partial charge on any atom is 1.00 e. The molecule has 0 N–H and O–H groups in total. The molecule has 1 atom stereocenters. The third kappa shape index (κ3) is 12.2. The second-order valence-corrected chi connectivity index (χ2v) is 12.1. The van der Waals surface area contributed by atoms with Crippen molar-refractivity contribution < 1.29 is 45.5 Å². The number of hydrogen-bond acceptors (Lipinski definition) is 2. The molecule has 1 aliphatic rings. The summed E-state index contributed by atoms with van der Waals surface area (Å²) in [7, 11) is -0.212. The molecular weight excluding hydrogens is 469 g/mol. The summed E-state index contributed by atoms with van der Waals surface area (Å²) >= 11 is 0. The van der Waals surface area contributed by atoms with Crippen LogP contribution in [0.4, 0.5) is 10.5 Å². The summed E-state index contributed by atoms with van der Waals surface area (Å²) in [6.45, 7) is 13.5. The van der Waals surface area contributed by atoms with Crippen LogP contribution in [0, 0.1) is 11.3 Å². The number of rotatable bonds is 4. The average molecular weight is 506 g/mol. The van der Waals surface area contributed by atoms with Crippen LogP contribution in [0.3, 0.4) is 0 Å². The van der Waals surface area contributed by atoms with Crippen molar-refractivity contribution in [3.8, 4) is 0 Å². The summed E-state index contributed by atoms with van der Waals surface area (Å²) < 4.78 is 5.63. The van der Waals surface area contributed by atoms with Crippen LogP contribution in [0.15, 0.2) is 72.3 Å². The van der Waals surface area contributed by atoms with Crippen LogP contribution in [0.25, 0.3) is 5.32 Å². The van der Waals surface area contributed by atoms with Crippen molar-refractivity contribution in [1.82, 2.24) is 0 Å². The average Bonchev–Trinajstić information content (AvgIpc) is 2.71. The summed E-state index contributed by atoms with van der Waals surface area (Å²) in [5.74, 6) is 0.455. The summed E-state index contributed by atoms with van der Waals surface area (Å²) in [6.07, 6.45) is 4.53. The first-order valence-electron chi connectivity index (χ1n) is 11.2. The van der Waals surface area contributed by atoms with E-state index in [1.165, 1.54) is 10.8 Å². The minimum absolute atomic E-state index is 0. The van der Waals surface area contributed by atoms with Gasteiger partial charge in [-0.25, -0.2) is 0 Å². The van der Waals surface area contributed by atoms with Gasteiger partial charge in [-0.05, 0) is 36.2 Å². The molecule has 1 unspecified atom stereocenters. The molecule has 0 aliphatic heterocycles. The van der Waals surface area contributed by atoms with E-state index in [9.17, 15) is 4.79 Å². The number of carbonyl (C=O) groups excluding carboxylic acids is 1. The van der Waals surface area contributed by atoms with Crippen molar-refractivity contribution in [1.29, 1.82) is 0 Å². The van der Waals surface area contributed by atoms with Gasteiger partial charge >= 0.3 is 18.9 Å². The van der Waals surface area contributed by atoms with Gasteiger partial charge in [0.25, 0.3) is 0 Å². The van der Waals surface area contributed by atoms with E-state index in [0.29, 0.717) is 11.6 Å². The molecule has 3 rings (SSSR count). The summed E-state index contributed by atoms with van der Waals surface area (Å²) in [4.78, 5) is 12.1. The molecule has 1 saturated carbocycles. The Kier molecular flexibility index (Phi) is 15.1. The van der Waals surface area contributed by atoms with Crippen molar-refractivity contribution in [2.45, 2.75) is 66.2 Å². The SMILES string of the molecule is CC(C)/C=C1\CC(C)(C)CCC1OC(=O)[N-]c1ccccc1.C[Si](C)c1ccccc1.[Cu].[Li+]. The number of carbonyl (C=O) groups is 1. The molecule has 0 bridgehead atoms. The molecule has 2 aromatic rings. The fraction of sp³-hybridized carbons (Fsp3) is 0.444. The summed E-state index contributed by atoms with van der Waals surface area (Å²) in [5, 5.41) is 5.53. The van der Waals surface area contributed by atoms with Crippen LogP contribution in [-0.2, 0) is 21.8 Å². The van der Waals surface area contributed by atoms with E-state index in [-0.39, 0.29) is 56.2 Å². The van der Waals surface area contributed by atoms with Crippen molar-refractivity contribution in [3.05, 3.63) is 77.6 Å². The van der Waals surface area contributed by atoms with E-state index < -0.39 is 6.09 Å². The standard InChI is InChI=1S/C19H27NO2.C8H11Si.Cu.Li/c1-14(2)12-15-13-19(3,4)11-10-17(15)22-18(21)20-16-8-6-5-7-9-16;1-9(2)8-6-4-3-5-7-8;;/h5-9,12,14,17H,10-11,13H2,1-4H3,(H,20,21);3-7H,1-2H3;;/q;;;+1/p-1/b15-12+;;;. The van der Waals surface area contributed by atoms with E-state index >= 15 is 0 Å². The van der Waals surface area contributed by atoms with E-state index in [0.717, 1.165) is 19.3 Å². The van der Waals surface area contributed by atoms with Gasteiger partial charge in [-0.1, -0.05) is 113 Å². The molecule has 3 nitrogen and oxygen atoms in total. The predicted octanol–water partition coefficient (Wildman–Crippen LogP) is 4.64. The minimum Gasteiger partial charge on any atom is -0.591 e.